The van der Waals surface area contributed by atoms with Crippen molar-refractivity contribution in [2.24, 2.45) is 5.73 Å². The average molecular weight is 445 g/mol. The Morgan fingerprint density at radius 3 is 2.52 bits per heavy atom. The molecule has 0 aliphatic carbocycles. The Labute approximate surface area is 186 Å². The summed E-state index contributed by atoms with van der Waals surface area (Å²) in [7, 11) is 0. The van der Waals surface area contributed by atoms with E-state index in [9.17, 15) is 9.59 Å². The van der Waals surface area contributed by atoms with Gasteiger partial charge in [-0.1, -0.05) is 12.1 Å². The molecule has 0 bridgehead atoms. The van der Waals surface area contributed by atoms with Crippen molar-refractivity contribution in [3.05, 3.63) is 35.4 Å². The molecule has 2 fully saturated rings. The van der Waals surface area contributed by atoms with Gasteiger partial charge < -0.3 is 16.0 Å². The number of likely N-dealkylation sites (tertiary alicyclic amines) is 2. The lowest BCUT2D eigenvalue weighted by atomic mass is 10.00. The minimum absolute atomic E-state index is 0. The van der Waals surface area contributed by atoms with E-state index in [1.807, 2.05) is 23.1 Å². The van der Waals surface area contributed by atoms with Crippen LogP contribution < -0.4 is 11.1 Å². The van der Waals surface area contributed by atoms with Gasteiger partial charge in [0.25, 0.3) is 5.91 Å². The summed E-state index contributed by atoms with van der Waals surface area (Å²) in [5.41, 5.74) is 7.39. The number of piperidine rings is 1. The highest BCUT2D eigenvalue weighted by molar-refractivity contribution is 5.94. The normalized spacial score (nSPS) is 19.2. The molecule has 6 nitrogen and oxygen atoms in total. The molecule has 0 spiro atoms. The first-order chi connectivity index (χ1) is 13.2. The van der Waals surface area contributed by atoms with Crippen molar-refractivity contribution in [3.63, 3.8) is 0 Å². The zero-order chi connectivity index (χ0) is 19.1. The Morgan fingerprint density at radius 1 is 1.07 bits per heavy atom. The van der Waals surface area contributed by atoms with Gasteiger partial charge in [0.15, 0.2) is 0 Å². The fraction of sp³-hybridized carbons (Fsp3) is 0.619. The molecule has 1 unspecified atom stereocenters. The van der Waals surface area contributed by atoms with Crippen LogP contribution in [-0.4, -0.2) is 60.4 Å². The minimum atomic E-state index is -0.0388. The van der Waals surface area contributed by atoms with Crippen molar-refractivity contribution in [1.29, 1.82) is 0 Å². The first-order valence-electron chi connectivity index (χ1n) is 10.3. The van der Waals surface area contributed by atoms with Crippen LogP contribution in [0.25, 0.3) is 0 Å². The third-order valence-corrected chi connectivity index (χ3v) is 5.57. The van der Waals surface area contributed by atoms with Gasteiger partial charge in [-0.2, -0.15) is 0 Å². The Balaban J connectivity index is 0.00000210. The second-order valence-electron chi connectivity index (χ2n) is 7.67. The Kier molecular flexibility index (Phi) is 11.6. The topological polar surface area (TPSA) is 78.7 Å². The predicted molar refractivity (Wildman–Crippen MR) is 121 cm³/mol. The quantitative estimate of drug-likeness (QED) is 0.677. The molecule has 2 aliphatic heterocycles. The molecule has 2 heterocycles. The lowest BCUT2D eigenvalue weighted by Crippen LogP contribution is -2.49. The van der Waals surface area contributed by atoms with Gasteiger partial charge in [-0.3, -0.25) is 14.5 Å². The number of halogens is 2. The number of nitrogens with zero attached hydrogens (tertiary/aromatic N) is 2. The molecule has 0 saturated carbocycles. The van der Waals surface area contributed by atoms with Gasteiger partial charge in [-0.25, -0.2) is 0 Å². The molecule has 1 aromatic carbocycles. The maximum atomic E-state index is 13.1. The lowest BCUT2D eigenvalue weighted by molar-refractivity contribution is -0.121. The van der Waals surface area contributed by atoms with Gasteiger partial charge in [0, 0.05) is 44.2 Å². The minimum Gasteiger partial charge on any atom is -0.354 e. The SMILES string of the molecule is Cl.Cl.NCCC(=O)NCC1CCCCN1C(=O)c1cccc(CN2CCCC2)c1. The summed E-state index contributed by atoms with van der Waals surface area (Å²) < 4.78 is 0. The van der Waals surface area contributed by atoms with E-state index in [0.29, 0.717) is 19.5 Å². The summed E-state index contributed by atoms with van der Waals surface area (Å²) in [4.78, 5) is 29.3. The predicted octanol–water partition coefficient (Wildman–Crippen LogP) is 2.59. The van der Waals surface area contributed by atoms with Crippen LogP contribution in [0.3, 0.4) is 0 Å². The van der Waals surface area contributed by atoms with Gasteiger partial charge >= 0.3 is 0 Å². The van der Waals surface area contributed by atoms with E-state index in [2.05, 4.69) is 16.3 Å². The maximum absolute atomic E-state index is 13.1. The molecule has 0 radical (unpaired) electrons. The number of carbonyl (C=O) groups is 2. The number of amides is 2. The largest absolute Gasteiger partial charge is 0.354 e. The second-order valence-corrected chi connectivity index (χ2v) is 7.67. The summed E-state index contributed by atoms with van der Waals surface area (Å²) in [6.07, 6.45) is 5.91. The Bertz CT molecular complexity index is 653. The standard InChI is InChI=1S/C21H32N4O2.2ClH/c22-10-9-20(26)23-15-19-8-1-2-13-25(19)21(27)18-7-5-6-17(14-18)16-24-11-3-4-12-24;;/h5-7,14,19H,1-4,8-13,15-16,22H2,(H,23,26);2*1H. The summed E-state index contributed by atoms with van der Waals surface area (Å²) in [5.74, 6) is 0.0409. The first-order valence-corrected chi connectivity index (χ1v) is 10.3. The molecule has 8 heteroatoms. The smallest absolute Gasteiger partial charge is 0.254 e. The number of benzene rings is 1. The van der Waals surface area contributed by atoms with Crippen LogP contribution in [0.5, 0.6) is 0 Å². The van der Waals surface area contributed by atoms with E-state index >= 15 is 0 Å². The van der Waals surface area contributed by atoms with E-state index in [1.54, 1.807) is 0 Å². The number of nitrogens with one attached hydrogen (secondary N) is 1. The highest BCUT2D eigenvalue weighted by atomic mass is 35.5. The second kappa shape index (κ2) is 13.1. The lowest BCUT2D eigenvalue weighted by Gasteiger charge is -2.36. The van der Waals surface area contributed by atoms with Gasteiger partial charge in [0.2, 0.25) is 5.91 Å². The van der Waals surface area contributed by atoms with Crippen LogP contribution in [0.15, 0.2) is 24.3 Å². The van der Waals surface area contributed by atoms with E-state index in [4.69, 9.17) is 5.73 Å². The van der Waals surface area contributed by atoms with E-state index < -0.39 is 0 Å². The number of rotatable bonds is 7. The zero-order valence-corrected chi connectivity index (χ0v) is 18.6. The van der Waals surface area contributed by atoms with Crippen molar-refractivity contribution in [2.45, 2.75) is 51.1 Å². The molecule has 164 valence electrons. The number of hydrogen-bond acceptors (Lipinski definition) is 4. The third kappa shape index (κ3) is 7.45. The first kappa shape index (κ1) is 25.7. The molecule has 3 N–H and O–H groups in total. The molecule has 0 aromatic heterocycles. The van der Waals surface area contributed by atoms with Gasteiger partial charge in [0.05, 0.1) is 0 Å². The monoisotopic (exact) mass is 444 g/mol. The van der Waals surface area contributed by atoms with Gasteiger partial charge in [0.1, 0.15) is 0 Å². The van der Waals surface area contributed by atoms with Crippen molar-refractivity contribution in [3.8, 4) is 0 Å². The molecule has 2 saturated heterocycles. The number of carbonyl (C=O) groups excluding carboxylic acids is 2. The van der Waals surface area contributed by atoms with Crippen LogP contribution >= 0.6 is 24.8 Å². The Morgan fingerprint density at radius 2 is 1.79 bits per heavy atom. The molecule has 1 atom stereocenters. The molecule has 3 rings (SSSR count). The average Bonchev–Trinajstić information content (AvgIpc) is 3.19. The van der Waals surface area contributed by atoms with Crippen molar-refractivity contribution in [2.75, 3.05) is 32.7 Å². The highest BCUT2D eigenvalue weighted by Crippen LogP contribution is 2.21. The summed E-state index contributed by atoms with van der Waals surface area (Å²) in [6.45, 7) is 4.83. The van der Waals surface area contributed by atoms with Crippen LogP contribution in [0.1, 0.15) is 54.4 Å². The molecule has 1 aromatic rings. The number of nitrogens with two attached hydrogens (primary N) is 1. The summed E-state index contributed by atoms with van der Waals surface area (Å²) in [6, 6.07) is 8.11. The Hall–Kier alpha value is -1.34. The number of hydrogen-bond donors (Lipinski definition) is 2. The highest BCUT2D eigenvalue weighted by Gasteiger charge is 2.28. The van der Waals surface area contributed by atoms with Crippen LogP contribution in [0.2, 0.25) is 0 Å². The van der Waals surface area contributed by atoms with E-state index in [0.717, 1.165) is 51.0 Å². The summed E-state index contributed by atoms with van der Waals surface area (Å²) >= 11 is 0. The maximum Gasteiger partial charge on any atom is 0.254 e. The molecular formula is C21H34Cl2N4O2. The van der Waals surface area contributed by atoms with Crippen LogP contribution in [-0.2, 0) is 11.3 Å². The fourth-order valence-corrected chi connectivity index (χ4v) is 4.10. The van der Waals surface area contributed by atoms with Gasteiger partial charge in [-0.05, 0) is 62.9 Å². The van der Waals surface area contributed by atoms with Crippen LogP contribution in [0.4, 0.5) is 0 Å². The van der Waals surface area contributed by atoms with E-state index in [1.165, 1.54) is 18.4 Å². The van der Waals surface area contributed by atoms with Crippen molar-refractivity contribution in [1.82, 2.24) is 15.1 Å². The van der Waals surface area contributed by atoms with Crippen molar-refractivity contribution < 1.29 is 9.59 Å². The van der Waals surface area contributed by atoms with Crippen LogP contribution in [0, 0.1) is 0 Å². The fourth-order valence-electron chi connectivity index (χ4n) is 4.10. The zero-order valence-electron chi connectivity index (χ0n) is 17.0. The molecule has 2 aliphatic rings. The van der Waals surface area contributed by atoms with Crippen molar-refractivity contribution >= 4 is 36.6 Å². The molecular weight excluding hydrogens is 411 g/mol. The molecule has 29 heavy (non-hydrogen) atoms. The third-order valence-electron chi connectivity index (χ3n) is 5.57. The van der Waals surface area contributed by atoms with Gasteiger partial charge in [-0.15, -0.1) is 24.8 Å². The van der Waals surface area contributed by atoms with E-state index in [-0.39, 0.29) is 42.7 Å². The molecule has 2 amide bonds. The summed E-state index contributed by atoms with van der Waals surface area (Å²) in [5, 5.41) is 2.93.